The van der Waals surface area contributed by atoms with Crippen LogP contribution < -0.4 is 5.32 Å². The van der Waals surface area contributed by atoms with E-state index in [1.807, 2.05) is 0 Å². The minimum Gasteiger partial charge on any atom is -0.378 e. The van der Waals surface area contributed by atoms with Crippen LogP contribution in [0.2, 0.25) is 0 Å². The molecule has 1 saturated heterocycles. The molecule has 18 heavy (non-hydrogen) atoms. The Hall–Kier alpha value is -0.870. The normalized spacial score (nSPS) is 24.4. The van der Waals surface area contributed by atoms with Gasteiger partial charge in [0.05, 0.1) is 17.5 Å². The second kappa shape index (κ2) is 6.34. The maximum atomic E-state index is 5.57. The van der Waals surface area contributed by atoms with Crippen LogP contribution in [0.5, 0.6) is 0 Å². The minimum absolute atomic E-state index is 0.388. The van der Waals surface area contributed by atoms with Crippen molar-refractivity contribution in [2.45, 2.75) is 65.3 Å². The van der Waals surface area contributed by atoms with Crippen molar-refractivity contribution in [2.75, 3.05) is 6.61 Å². The van der Waals surface area contributed by atoms with Crippen molar-refractivity contribution in [1.29, 1.82) is 0 Å². The second-order valence-electron chi connectivity index (χ2n) is 5.08. The third-order valence-electron chi connectivity index (χ3n) is 3.63. The first kappa shape index (κ1) is 13.6. The number of rotatable bonds is 5. The summed E-state index contributed by atoms with van der Waals surface area (Å²) in [4.78, 5) is 0. The van der Waals surface area contributed by atoms with Gasteiger partial charge < -0.3 is 10.1 Å². The van der Waals surface area contributed by atoms with Gasteiger partial charge in [0.25, 0.3) is 0 Å². The van der Waals surface area contributed by atoms with Crippen LogP contribution in [0.3, 0.4) is 0 Å². The maximum Gasteiger partial charge on any atom is 0.0625 e. The van der Waals surface area contributed by atoms with Gasteiger partial charge in [0.2, 0.25) is 0 Å². The Morgan fingerprint density at radius 2 is 2.33 bits per heavy atom. The fourth-order valence-corrected chi connectivity index (χ4v) is 2.54. The van der Waals surface area contributed by atoms with Crippen molar-refractivity contribution in [3.8, 4) is 0 Å². The topological polar surface area (TPSA) is 39.1 Å². The van der Waals surface area contributed by atoms with E-state index in [0.29, 0.717) is 12.1 Å². The Labute approximate surface area is 110 Å². The molecule has 1 N–H and O–H groups in total. The van der Waals surface area contributed by atoms with Crippen LogP contribution >= 0.6 is 0 Å². The number of aryl methyl sites for hydroxylation is 2. The summed E-state index contributed by atoms with van der Waals surface area (Å²) in [6, 6.07) is 2.80. The molecule has 4 nitrogen and oxygen atoms in total. The molecule has 0 aromatic carbocycles. The molecule has 2 rings (SSSR count). The van der Waals surface area contributed by atoms with Gasteiger partial charge in [0.15, 0.2) is 0 Å². The predicted molar refractivity (Wildman–Crippen MR) is 72.6 cm³/mol. The molecule has 0 amide bonds. The fourth-order valence-electron chi connectivity index (χ4n) is 2.54. The Morgan fingerprint density at radius 3 is 3.00 bits per heavy atom. The summed E-state index contributed by atoms with van der Waals surface area (Å²) >= 11 is 0. The predicted octanol–water partition coefficient (Wildman–Crippen LogP) is 2.12. The van der Waals surface area contributed by atoms with E-state index >= 15 is 0 Å². The molecular weight excluding hydrogens is 226 g/mol. The Kier molecular flexibility index (Phi) is 4.78. The van der Waals surface area contributed by atoms with Gasteiger partial charge in [-0.15, -0.1) is 0 Å². The minimum atomic E-state index is 0.388. The Bertz CT molecular complexity index is 375. The highest BCUT2D eigenvalue weighted by Crippen LogP contribution is 2.14. The lowest BCUT2D eigenvalue weighted by Crippen LogP contribution is -2.37. The van der Waals surface area contributed by atoms with Crippen LogP contribution in [0.15, 0.2) is 6.07 Å². The highest BCUT2D eigenvalue weighted by molar-refractivity contribution is 5.10. The van der Waals surface area contributed by atoms with Crippen LogP contribution in [0.1, 0.15) is 45.0 Å². The molecule has 102 valence electrons. The van der Waals surface area contributed by atoms with Gasteiger partial charge in [-0.1, -0.05) is 6.92 Å². The summed E-state index contributed by atoms with van der Waals surface area (Å²) in [5, 5.41) is 8.22. The van der Waals surface area contributed by atoms with Gasteiger partial charge >= 0.3 is 0 Å². The lowest BCUT2D eigenvalue weighted by molar-refractivity contribution is 0.0129. The van der Waals surface area contributed by atoms with Crippen LogP contribution in [0.25, 0.3) is 0 Å². The third kappa shape index (κ3) is 3.33. The van der Waals surface area contributed by atoms with Crippen molar-refractivity contribution >= 4 is 0 Å². The van der Waals surface area contributed by atoms with E-state index in [1.165, 1.54) is 11.4 Å². The van der Waals surface area contributed by atoms with E-state index in [0.717, 1.165) is 39.0 Å². The smallest absolute Gasteiger partial charge is 0.0625 e. The van der Waals surface area contributed by atoms with Gasteiger partial charge in [0, 0.05) is 25.7 Å². The molecule has 2 unspecified atom stereocenters. The monoisotopic (exact) mass is 251 g/mol. The van der Waals surface area contributed by atoms with Crippen LogP contribution in [0.4, 0.5) is 0 Å². The summed E-state index contributed by atoms with van der Waals surface area (Å²) in [5.74, 6) is 0. The highest BCUT2D eigenvalue weighted by Gasteiger charge is 2.19. The van der Waals surface area contributed by atoms with Gasteiger partial charge in [0.1, 0.15) is 0 Å². The maximum absolute atomic E-state index is 5.57. The van der Waals surface area contributed by atoms with E-state index in [4.69, 9.17) is 4.74 Å². The number of nitrogens with zero attached hydrogens (tertiary/aromatic N) is 2. The van der Waals surface area contributed by atoms with Crippen LogP contribution in [-0.2, 0) is 24.2 Å². The van der Waals surface area contributed by atoms with E-state index < -0.39 is 0 Å². The number of hydrogen-bond donors (Lipinski definition) is 1. The molecule has 1 aliphatic heterocycles. The molecule has 1 aliphatic rings. The SMILES string of the molecule is CCc1cc(CNC2CCOC(C)C2)n(CC)n1. The van der Waals surface area contributed by atoms with E-state index in [9.17, 15) is 0 Å². The summed E-state index contributed by atoms with van der Waals surface area (Å²) in [7, 11) is 0. The van der Waals surface area contributed by atoms with Crippen molar-refractivity contribution in [2.24, 2.45) is 0 Å². The molecule has 2 heterocycles. The molecular formula is C14H25N3O. The summed E-state index contributed by atoms with van der Waals surface area (Å²) in [6.45, 7) is 9.19. The average molecular weight is 251 g/mol. The molecule has 0 spiro atoms. The first-order chi connectivity index (χ1) is 8.72. The molecule has 0 aliphatic carbocycles. The summed E-state index contributed by atoms with van der Waals surface area (Å²) < 4.78 is 7.67. The van der Waals surface area contributed by atoms with Gasteiger partial charge in [-0.05, 0) is 39.2 Å². The molecule has 0 radical (unpaired) electrons. The quantitative estimate of drug-likeness (QED) is 0.871. The van der Waals surface area contributed by atoms with Gasteiger partial charge in [-0.3, -0.25) is 4.68 Å². The molecule has 1 fully saturated rings. The Balaban J connectivity index is 1.90. The zero-order valence-corrected chi connectivity index (χ0v) is 11.8. The number of nitrogens with one attached hydrogen (secondary N) is 1. The number of aromatic nitrogens is 2. The first-order valence-electron chi connectivity index (χ1n) is 7.13. The van der Waals surface area contributed by atoms with E-state index in [-0.39, 0.29) is 0 Å². The van der Waals surface area contributed by atoms with Crippen LogP contribution in [0, 0.1) is 0 Å². The molecule has 4 heteroatoms. The molecule has 1 aromatic heterocycles. The number of hydrogen-bond acceptors (Lipinski definition) is 3. The van der Waals surface area contributed by atoms with E-state index in [2.05, 4.69) is 41.9 Å². The zero-order valence-electron chi connectivity index (χ0n) is 11.8. The van der Waals surface area contributed by atoms with Gasteiger partial charge in [-0.2, -0.15) is 5.10 Å². The van der Waals surface area contributed by atoms with Crippen molar-refractivity contribution in [1.82, 2.24) is 15.1 Å². The summed E-state index contributed by atoms with van der Waals surface area (Å²) in [5.41, 5.74) is 2.49. The summed E-state index contributed by atoms with van der Waals surface area (Å²) in [6.07, 6.45) is 3.62. The lowest BCUT2D eigenvalue weighted by atomic mass is 10.0. The standard InChI is InChI=1S/C14H25N3O/c1-4-12-9-14(17(5-2)16-12)10-15-13-6-7-18-11(3)8-13/h9,11,13,15H,4-8,10H2,1-3H3. The lowest BCUT2D eigenvalue weighted by Gasteiger charge is -2.28. The van der Waals surface area contributed by atoms with Gasteiger partial charge in [-0.25, -0.2) is 0 Å². The van der Waals surface area contributed by atoms with Crippen molar-refractivity contribution < 1.29 is 4.74 Å². The zero-order chi connectivity index (χ0) is 13.0. The molecule has 0 saturated carbocycles. The fraction of sp³-hybridized carbons (Fsp3) is 0.786. The van der Waals surface area contributed by atoms with Crippen molar-refractivity contribution in [3.05, 3.63) is 17.5 Å². The van der Waals surface area contributed by atoms with Crippen molar-refractivity contribution in [3.63, 3.8) is 0 Å². The average Bonchev–Trinajstić information content (AvgIpc) is 2.79. The van der Waals surface area contributed by atoms with Crippen LogP contribution in [-0.4, -0.2) is 28.5 Å². The first-order valence-corrected chi connectivity index (χ1v) is 7.13. The largest absolute Gasteiger partial charge is 0.378 e. The van der Waals surface area contributed by atoms with E-state index in [1.54, 1.807) is 0 Å². The molecule has 2 atom stereocenters. The third-order valence-corrected chi connectivity index (χ3v) is 3.63. The molecule has 0 bridgehead atoms. The Morgan fingerprint density at radius 1 is 1.50 bits per heavy atom. The highest BCUT2D eigenvalue weighted by atomic mass is 16.5. The molecule has 1 aromatic rings. The number of ether oxygens (including phenoxy) is 1. The second-order valence-corrected chi connectivity index (χ2v) is 5.08.